The number of likely N-dealkylation sites (tertiary alicyclic amines) is 1. The number of hydrogen-bond acceptors (Lipinski definition) is 3. The second-order valence-electron chi connectivity index (χ2n) is 6.63. The van der Waals surface area contributed by atoms with Gasteiger partial charge in [0.25, 0.3) is 0 Å². The highest BCUT2D eigenvalue weighted by Crippen LogP contribution is 2.31. The van der Waals surface area contributed by atoms with Crippen LogP contribution in [0.2, 0.25) is 0 Å². The van der Waals surface area contributed by atoms with Gasteiger partial charge in [-0.1, -0.05) is 42.7 Å². The molecular formula is C19H26N4O. The topological polar surface area (TPSA) is 51.0 Å². The smallest absolute Gasteiger partial charge is 0.223 e. The number of carbonyl (C=O) groups is 1. The molecule has 2 heterocycles. The molecule has 1 aliphatic rings. The highest BCUT2D eigenvalue weighted by molar-refractivity contribution is 5.76. The van der Waals surface area contributed by atoms with Gasteiger partial charge >= 0.3 is 0 Å². The van der Waals surface area contributed by atoms with E-state index in [0.717, 1.165) is 32.4 Å². The van der Waals surface area contributed by atoms with Gasteiger partial charge in [0.05, 0.1) is 6.04 Å². The zero-order valence-electron chi connectivity index (χ0n) is 14.4. The van der Waals surface area contributed by atoms with Crippen molar-refractivity contribution in [3.05, 3.63) is 48.0 Å². The van der Waals surface area contributed by atoms with Gasteiger partial charge in [0, 0.05) is 19.5 Å². The Bertz CT molecular complexity index is 653. The number of aromatic nitrogens is 3. The van der Waals surface area contributed by atoms with Gasteiger partial charge in [-0.15, -0.1) is 0 Å². The van der Waals surface area contributed by atoms with Crippen LogP contribution in [0.25, 0.3) is 0 Å². The molecule has 2 aromatic rings. The van der Waals surface area contributed by atoms with E-state index in [1.54, 1.807) is 11.0 Å². The van der Waals surface area contributed by atoms with Gasteiger partial charge in [0.2, 0.25) is 5.91 Å². The predicted molar refractivity (Wildman–Crippen MR) is 93.4 cm³/mol. The Morgan fingerprint density at radius 2 is 2.21 bits per heavy atom. The standard InChI is InChI=1S/C19H26N4O/c1-16-7-5-8-17(13-16)18-9-3-2-4-12-23(18)19(24)10-6-11-22-15-20-14-21-22/h5,7-8,13-15,18H,2-4,6,9-12H2,1H3. The minimum atomic E-state index is 0.228. The summed E-state index contributed by atoms with van der Waals surface area (Å²) in [5.41, 5.74) is 2.54. The molecule has 0 spiro atoms. The number of hydrogen-bond donors (Lipinski definition) is 0. The van der Waals surface area contributed by atoms with E-state index < -0.39 is 0 Å². The summed E-state index contributed by atoms with van der Waals surface area (Å²) < 4.78 is 1.79. The first-order chi connectivity index (χ1) is 11.7. The Balaban J connectivity index is 1.66. The van der Waals surface area contributed by atoms with Crippen LogP contribution >= 0.6 is 0 Å². The summed E-state index contributed by atoms with van der Waals surface area (Å²) in [6.45, 7) is 3.74. The van der Waals surface area contributed by atoms with Gasteiger partial charge in [0.1, 0.15) is 12.7 Å². The fourth-order valence-electron chi connectivity index (χ4n) is 3.51. The van der Waals surface area contributed by atoms with E-state index >= 15 is 0 Å². The molecule has 24 heavy (non-hydrogen) atoms. The van der Waals surface area contributed by atoms with Crippen LogP contribution in [0.5, 0.6) is 0 Å². The predicted octanol–water partition coefficient (Wildman–Crippen LogP) is 3.51. The molecule has 1 aromatic carbocycles. The largest absolute Gasteiger partial charge is 0.336 e. The Labute approximate surface area is 143 Å². The molecule has 1 aromatic heterocycles. The fraction of sp³-hybridized carbons (Fsp3) is 0.526. The molecule has 0 N–H and O–H groups in total. The summed E-state index contributed by atoms with van der Waals surface area (Å²) in [6.07, 6.45) is 9.19. The molecule has 1 saturated heterocycles. The third-order valence-electron chi connectivity index (χ3n) is 4.74. The molecular weight excluding hydrogens is 300 g/mol. The molecule has 0 saturated carbocycles. The van der Waals surface area contributed by atoms with Gasteiger partial charge in [-0.2, -0.15) is 5.10 Å². The van der Waals surface area contributed by atoms with Crippen LogP contribution < -0.4 is 0 Å². The molecule has 128 valence electrons. The van der Waals surface area contributed by atoms with E-state index in [-0.39, 0.29) is 11.9 Å². The van der Waals surface area contributed by atoms with Crippen molar-refractivity contribution >= 4 is 5.91 Å². The molecule has 0 bridgehead atoms. The quantitative estimate of drug-likeness (QED) is 0.845. The zero-order valence-corrected chi connectivity index (χ0v) is 14.4. The van der Waals surface area contributed by atoms with Crippen LogP contribution in [-0.4, -0.2) is 32.1 Å². The van der Waals surface area contributed by atoms with Gasteiger partial charge in [-0.25, -0.2) is 4.98 Å². The molecule has 5 nitrogen and oxygen atoms in total. The van der Waals surface area contributed by atoms with Gasteiger partial charge in [-0.05, 0) is 31.7 Å². The summed E-state index contributed by atoms with van der Waals surface area (Å²) in [6, 6.07) is 8.84. The van der Waals surface area contributed by atoms with Crippen molar-refractivity contribution < 1.29 is 4.79 Å². The minimum absolute atomic E-state index is 0.228. The van der Waals surface area contributed by atoms with E-state index in [2.05, 4.69) is 46.2 Å². The lowest BCUT2D eigenvalue weighted by molar-refractivity contribution is -0.133. The molecule has 1 unspecified atom stereocenters. The van der Waals surface area contributed by atoms with Crippen LogP contribution in [0, 0.1) is 6.92 Å². The lowest BCUT2D eigenvalue weighted by atomic mass is 9.99. The van der Waals surface area contributed by atoms with Crippen molar-refractivity contribution in [2.45, 2.75) is 58.0 Å². The molecule has 5 heteroatoms. The van der Waals surface area contributed by atoms with Crippen molar-refractivity contribution in [3.8, 4) is 0 Å². The van der Waals surface area contributed by atoms with E-state index in [4.69, 9.17) is 0 Å². The zero-order chi connectivity index (χ0) is 16.8. The summed E-state index contributed by atoms with van der Waals surface area (Å²) in [5, 5.41) is 4.09. The summed E-state index contributed by atoms with van der Waals surface area (Å²) in [4.78, 5) is 18.9. The van der Waals surface area contributed by atoms with E-state index in [0.29, 0.717) is 6.42 Å². The third kappa shape index (κ3) is 4.22. The third-order valence-corrected chi connectivity index (χ3v) is 4.74. The van der Waals surface area contributed by atoms with Gasteiger partial charge in [0.15, 0.2) is 0 Å². The highest BCUT2D eigenvalue weighted by atomic mass is 16.2. The Kier molecular flexibility index (Phi) is 5.62. The Hall–Kier alpha value is -2.17. The van der Waals surface area contributed by atoms with Crippen LogP contribution in [0.3, 0.4) is 0 Å². The molecule has 1 atom stereocenters. The van der Waals surface area contributed by atoms with Crippen molar-refractivity contribution in [3.63, 3.8) is 0 Å². The number of benzene rings is 1. The molecule has 1 aliphatic heterocycles. The maximum atomic E-state index is 12.8. The number of carbonyl (C=O) groups excluding carboxylic acids is 1. The summed E-state index contributed by atoms with van der Waals surface area (Å²) >= 11 is 0. The van der Waals surface area contributed by atoms with Gasteiger partial charge in [-0.3, -0.25) is 9.48 Å². The average molecular weight is 326 g/mol. The Morgan fingerprint density at radius 3 is 3.00 bits per heavy atom. The minimum Gasteiger partial charge on any atom is -0.336 e. The summed E-state index contributed by atoms with van der Waals surface area (Å²) in [7, 11) is 0. The van der Waals surface area contributed by atoms with E-state index in [1.165, 1.54) is 30.3 Å². The highest BCUT2D eigenvalue weighted by Gasteiger charge is 2.26. The maximum Gasteiger partial charge on any atom is 0.223 e. The van der Waals surface area contributed by atoms with E-state index in [9.17, 15) is 4.79 Å². The number of nitrogens with zero attached hydrogens (tertiary/aromatic N) is 4. The molecule has 1 amide bonds. The monoisotopic (exact) mass is 326 g/mol. The summed E-state index contributed by atoms with van der Waals surface area (Å²) in [5.74, 6) is 0.267. The molecule has 1 fully saturated rings. The van der Waals surface area contributed by atoms with Crippen LogP contribution in [0.1, 0.15) is 55.7 Å². The van der Waals surface area contributed by atoms with Crippen LogP contribution in [0.4, 0.5) is 0 Å². The van der Waals surface area contributed by atoms with Crippen molar-refractivity contribution in [2.75, 3.05) is 6.54 Å². The van der Waals surface area contributed by atoms with Crippen LogP contribution in [0.15, 0.2) is 36.9 Å². The van der Waals surface area contributed by atoms with Gasteiger partial charge < -0.3 is 4.90 Å². The molecule has 0 aliphatic carbocycles. The van der Waals surface area contributed by atoms with Crippen LogP contribution in [-0.2, 0) is 11.3 Å². The fourth-order valence-corrected chi connectivity index (χ4v) is 3.51. The van der Waals surface area contributed by atoms with Crippen molar-refractivity contribution in [1.29, 1.82) is 0 Å². The first-order valence-corrected chi connectivity index (χ1v) is 8.92. The second-order valence-corrected chi connectivity index (χ2v) is 6.63. The molecule has 0 radical (unpaired) electrons. The lowest BCUT2D eigenvalue weighted by Gasteiger charge is -2.31. The number of amides is 1. The molecule has 3 rings (SSSR count). The Morgan fingerprint density at radius 1 is 1.29 bits per heavy atom. The first-order valence-electron chi connectivity index (χ1n) is 8.92. The van der Waals surface area contributed by atoms with E-state index in [1.807, 2.05) is 0 Å². The second kappa shape index (κ2) is 8.08. The number of rotatable bonds is 5. The maximum absolute atomic E-state index is 12.8. The van der Waals surface area contributed by atoms with Crippen molar-refractivity contribution in [1.82, 2.24) is 19.7 Å². The lowest BCUT2D eigenvalue weighted by Crippen LogP contribution is -2.34. The first kappa shape index (κ1) is 16.7. The van der Waals surface area contributed by atoms with Crippen molar-refractivity contribution in [2.24, 2.45) is 0 Å². The normalized spacial score (nSPS) is 18.4. The SMILES string of the molecule is Cc1cccc(C2CCCCCN2C(=O)CCCn2cncn2)c1. The number of aryl methyl sites for hydroxylation is 2. The average Bonchev–Trinajstić information content (AvgIpc) is 2.97.